The van der Waals surface area contributed by atoms with Crippen LogP contribution in [-0.2, 0) is 10.9 Å². The molecule has 0 aromatic heterocycles. The fourth-order valence-electron chi connectivity index (χ4n) is 4.20. The number of benzene rings is 1. The van der Waals surface area contributed by atoms with Crippen LogP contribution in [0.2, 0.25) is 0 Å². The molecular formula is C22H26F3N3O3. The van der Waals surface area contributed by atoms with Crippen LogP contribution in [0.1, 0.15) is 61.5 Å². The number of nitriles is 1. The molecule has 2 saturated heterocycles. The van der Waals surface area contributed by atoms with Crippen molar-refractivity contribution < 1.29 is 27.5 Å². The number of ether oxygens (including phenoxy) is 1. The Bertz CT molecular complexity index is 907. The molecule has 1 aromatic rings. The van der Waals surface area contributed by atoms with E-state index < -0.39 is 28.8 Å². The lowest BCUT2D eigenvalue weighted by molar-refractivity contribution is -0.137. The smallest absolute Gasteiger partial charge is 0.417 e. The zero-order valence-electron chi connectivity index (χ0n) is 17.9. The summed E-state index contributed by atoms with van der Waals surface area (Å²) in [7, 11) is 0. The Labute approximate surface area is 179 Å². The number of likely N-dealkylation sites (tertiary alicyclic amines) is 2. The first-order valence-electron chi connectivity index (χ1n) is 10.2. The maximum atomic E-state index is 13.2. The van der Waals surface area contributed by atoms with Gasteiger partial charge in [-0.15, -0.1) is 0 Å². The van der Waals surface area contributed by atoms with Crippen molar-refractivity contribution in [3.8, 4) is 6.07 Å². The Morgan fingerprint density at radius 2 is 1.65 bits per heavy atom. The Hall–Kier alpha value is -2.76. The molecule has 1 spiro atoms. The van der Waals surface area contributed by atoms with Gasteiger partial charge in [-0.05, 0) is 63.6 Å². The maximum Gasteiger partial charge on any atom is 0.417 e. The fraction of sp³-hybridized carbons (Fsp3) is 0.591. The Morgan fingerprint density at radius 3 is 2.16 bits per heavy atom. The van der Waals surface area contributed by atoms with Gasteiger partial charge in [-0.2, -0.15) is 18.4 Å². The molecule has 3 rings (SSSR count). The predicted molar refractivity (Wildman–Crippen MR) is 106 cm³/mol. The summed E-state index contributed by atoms with van der Waals surface area (Å²) < 4.78 is 45.1. The van der Waals surface area contributed by atoms with Crippen LogP contribution in [0.3, 0.4) is 0 Å². The minimum absolute atomic E-state index is 0.0745. The van der Waals surface area contributed by atoms with Gasteiger partial charge in [0.25, 0.3) is 5.91 Å². The zero-order valence-corrected chi connectivity index (χ0v) is 17.9. The average molecular weight is 437 g/mol. The SMILES string of the molecule is CC(C)(C)OC(=O)N1CCC2(CC1)CCN(C(=O)c1ccc(C#N)c(C(F)(F)F)c1)C2. The van der Waals surface area contributed by atoms with E-state index >= 15 is 0 Å². The summed E-state index contributed by atoms with van der Waals surface area (Å²) in [5.41, 5.74) is -2.39. The summed E-state index contributed by atoms with van der Waals surface area (Å²) >= 11 is 0. The lowest BCUT2D eigenvalue weighted by Gasteiger charge is -2.39. The minimum atomic E-state index is -4.71. The van der Waals surface area contributed by atoms with Crippen LogP contribution in [0.4, 0.5) is 18.0 Å². The van der Waals surface area contributed by atoms with E-state index in [-0.39, 0.29) is 17.1 Å². The van der Waals surface area contributed by atoms with Gasteiger partial charge in [0.05, 0.1) is 17.2 Å². The van der Waals surface area contributed by atoms with Crippen LogP contribution in [0.5, 0.6) is 0 Å². The average Bonchev–Trinajstić information content (AvgIpc) is 3.09. The first-order chi connectivity index (χ1) is 14.3. The molecule has 0 aliphatic carbocycles. The highest BCUT2D eigenvalue weighted by Crippen LogP contribution is 2.41. The molecule has 0 bridgehead atoms. The maximum absolute atomic E-state index is 13.2. The quantitative estimate of drug-likeness (QED) is 0.651. The number of carbonyl (C=O) groups is 2. The van der Waals surface area contributed by atoms with Gasteiger partial charge in [0, 0.05) is 31.7 Å². The molecule has 0 radical (unpaired) electrons. The van der Waals surface area contributed by atoms with Crippen LogP contribution in [-0.4, -0.2) is 53.6 Å². The molecule has 2 amide bonds. The Balaban J connectivity index is 1.66. The second-order valence-electron chi connectivity index (χ2n) is 9.31. The van der Waals surface area contributed by atoms with E-state index in [1.165, 1.54) is 12.1 Å². The van der Waals surface area contributed by atoms with Crippen molar-refractivity contribution in [3.63, 3.8) is 0 Å². The summed E-state index contributed by atoms with van der Waals surface area (Å²) in [6, 6.07) is 4.60. The topological polar surface area (TPSA) is 73.6 Å². The number of halogens is 3. The molecule has 2 fully saturated rings. The normalized spacial score (nSPS) is 18.7. The van der Waals surface area contributed by atoms with Crippen molar-refractivity contribution in [1.82, 2.24) is 9.80 Å². The van der Waals surface area contributed by atoms with E-state index in [4.69, 9.17) is 10.00 Å². The molecular weight excluding hydrogens is 411 g/mol. The monoisotopic (exact) mass is 437 g/mol. The number of hydrogen-bond acceptors (Lipinski definition) is 4. The van der Waals surface area contributed by atoms with Gasteiger partial charge in [0.15, 0.2) is 0 Å². The van der Waals surface area contributed by atoms with Gasteiger partial charge < -0.3 is 14.5 Å². The highest BCUT2D eigenvalue weighted by Gasteiger charge is 2.44. The number of piperidine rings is 1. The molecule has 0 unspecified atom stereocenters. The number of amides is 2. The summed E-state index contributed by atoms with van der Waals surface area (Å²) in [5.74, 6) is -0.471. The summed E-state index contributed by atoms with van der Waals surface area (Å²) in [4.78, 5) is 28.4. The predicted octanol–water partition coefficient (Wildman–Crippen LogP) is 4.44. The Kier molecular flexibility index (Phi) is 5.96. The van der Waals surface area contributed by atoms with E-state index in [9.17, 15) is 22.8 Å². The molecule has 168 valence electrons. The number of rotatable bonds is 1. The van der Waals surface area contributed by atoms with Gasteiger partial charge in [-0.1, -0.05) is 0 Å². The second kappa shape index (κ2) is 8.06. The number of hydrogen-bond donors (Lipinski definition) is 0. The molecule has 1 aromatic carbocycles. The van der Waals surface area contributed by atoms with E-state index in [1.807, 2.05) is 20.8 Å². The molecule has 0 atom stereocenters. The van der Waals surface area contributed by atoms with Crippen LogP contribution >= 0.6 is 0 Å². The van der Waals surface area contributed by atoms with Crippen molar-refractivity contribution in [2.24, 2.45) is 5.41 Å². The molecule has 2 aliphatic rings. The third-order valence-corrected chi connectivity index (χ3v) is 5.89. The summed E-state index contributed by atoms with van der Waals surface area (Å²) in [6.45, 7) is 7.36. The van der Waals surface area contributed by atoms with Gasteiger partial charge in [-0.3, -0.25) is 4.79 Å². The van der Waals surface area contributed by atoms with Crippen LogP contribution in [0.15, 0.2) is 18.2 Å². The fourth-order valence-corrected chi connectivity index (χ4v) is 4.20. The van der Waals surface area contributed by atoms with Gasteiger partial charge in [0.1, 0.15) is 5.60 Å². The number of alkyl halides is 3. The highest BCUT2D eigenvalue weighted by molar-refractivity contribution is 5.95. The largest absolute Gasteiger partial charge is 0.444 e. The molecule has 2 aliphatic heterocycles. The van der Waals surface area contributed by atoms with E-state index in [2.05, 4.69) is 0 Å². The minimum Gasteiger partial charge on any atom is -0.444 e. The Morgan fingerprint density at radius 1 is 1.06 bits per heavy atom. The van der Waals surface area contributed by atoms with Crippen LogP contribution in [0.25, 0.3) is 0 Å². The van der Waals surface area contributed by atoms with Crippen molar-refractivity contribution in [2.45, 2.75) is 51.8 Å². The van der Waals surface area contributed by atoms with Crippen LogP contribution in [0, 0.1) is 16.7 Å². The first kappa shape index (κ1) is 22.9. The number of nitrogens with zero attached hydrogens (tertiary/aromatic N) is 3. The third kappa shape index (κ3) is 5.12. The lowest BCUT2D eigenvalue weighted by atomic mass is 9.78. The molecule has 0 saturated carbocycles. The van der Waals surface area contributed by atoms with Gasteiger partial charge in [0.2, 0.25) is 0 Å². The number of carbonyl (C=O) groups excluding carboxylic acids is 2. The van der Waals surface area contributed by atoms with E-state index in [0.717, 1.165) is 18.6 Å². The van der Waals surface area contributed by atoms with E-state index in [1.54, 1.807) is 9.80 Å². The van der Waals surface area contributed by atoms with Crippen LogP contribution < -0.4 is 0 Å². The molecule has 6 nitrogen and oxygen atoms in total. The first-order valence-corrected chi connectivity index (χ1v) is 10.2. The molecule has 0 N–H and O–H groups in total. The zero-order chi connectivity index (χ0) is 23.0. The molecule has 2 heterocycles. The second-order valence-corrected chi connectivity index (χ2v) is 9.31. The lowest BCUT2D eigenvalue weighted by Crippen LogP contribution is -2.46. The summed E-state index contributed by atoms with van der Waals surface area (Å²) in [5, 5.41) is 8.93. The van der Waals surface area contributed by atoms with Gasteiger partial charge >= 0.3 is 12.3 Å². The standard InChI is InChI=1S/C22H26F3N3O3/c1-20(2,3)31-19(30)27-9-6-21(7-10-27)8-11-28(14-21)18(29)15-4-5-16(13-26)17(12-15)22(23,24)25/h4-5,12H,6-11,14H2,1-3H3. The summed E-state index contributed by atoms with van der Waals surface area (Å²) in [6.07, 6.45) is -2.91. The highest BCUT2D eigenvalue weighted by atomic mass is 19.4. The van der Waals surface area contributed by atoms with Crippen molar-refractivity contribution in [2.75, 3.05) is 26.2 Å². The van der Waals surface area contributed by atoms with Crippen molar-refractivity contribution in [1.29, 1.82) is 5.26 Å². The van der Waals surface area contributed by atoms with E-state index in [0.29, 0.717) is 39.0 Å². The van der Waals surface area contributed by atoms with Crippen molar-refractivity contribution >= 4 is 12.0 Å². The van der Waals surface area contributed by atoms with Crippen molar-refractivity contribution in [3.05, 3.63) is 34.9 Å². The third-order valence-electron chi connectivity index (χ3n) is 5.89. The van der Waals surface area contributed by atoms with Gasteiger partial charge in [-0.25, -0.2) is 4.79 Å². The molecule has 31 heavy (non-hydrogen) atoms. The molecule has 9 heteroatoms.